The summed E-state index contributed by atoms with van der Waals surface area (Å²) in [6.45, 7) is 11.4. The number of aromatic carboxylic acids is 1. The Hall–Kier alpha value is -2.62. The first-order valence-corrected chi connectivity index (χ1v) is 18.8. The molecule has 0 fully saturated rings. The molecule has 0 bridgehead atoms. The minimum Gasteiger partial charge on any atom is -0.474 e. The van der Waals surface area contributed by atoms with Gasteiger partial charge >= 0.3 is 17.5 Å². The molecule has 0 saturated carbocycles. The summed E-state index contributed by atoms with van der Waals surface area (Å²) in [4.78, 5) is 21.6. The molecular formula is C29H35F2IN3O5SSi+. The van der Waals surface area contributed by atoms with Crippen LogP contribution in [-0.4, -0.2) is 40.4 Å². The maximum Gasteiger partial charge on any atom is 0.395 e. The van der Waals surface area contributed by atoms with Crippen LogP contribution in [0.25, 0.3) is 16.3 Å². The van der Waals surface area contributed by atoms with Gasteiger partial charge < -0.3 is 19.0 Å². The van der Waals surface area contributed by atoms with Crippen molar-refractivity contribution in [3.8, 4) is 22.3 Å². The number of imidazole rings is 1. The van der Waals surface area contributed by atoms with E-state index in [0.717, 1.165) is 3.57 Å². The molecule has 0 radical (unpaired) electrons. The number of pyridine rings is 1. The van der Waals surface area contributed by atoms with E-state index in [2.05, 4.69) is 66.4 Å². The molecule has 0 spiro atoms. The zero-order chi connectivity index (χ0) is 31.0. The lowest BCUT2D eigenvalue weighted by Crippen LogP contribution is -2.40. The van der Waals surface area contributed by atoms with E-state index in [1.165, 1.54) is 6.07 Å². The third kappa shape index (κ3) is 6.79. The van der Waals surface area contributed by atoms with Gasteiger partial charge in [-0.15, -0.1) is 0 Å². The zero-order valence-electron chi connectivity index (χ0n) is 24.6. The average molecular weight is 731 g/mol. The Labute approximate surface area is 261 Å². The lowest BCUT2D eigenvalue weighted by atomic mass is 10.1. The van der Waals surface area contributed by atoms with Crippen molar-refractivity contribution >= 4 is 53.0 Å². The molecule has 4 aromatic rings. The number of hydrogen-bond donors (Lipinski definition) is 1. The first kappa shape index (κ1) is 32.3. The molecule has 2 atom stereocenters. The van der Waals surface area contributed by atoms with E-state index < -0.39 is 37.5 Å². The maximum atomic E-state index is 13.5. The smallest absolute Gasteiger partial charge is 0.395 e. The van der Waals surface area contributed by atoms with Crippen molar-refractivity contribution in [2.45, 2.75) is 77.8 Å². The van der Waals surface area contributed by atoms with Gasteiger partial charge in [0.1, 0.15) is 28.9 Å². The van der Waals surface area contributed by atoms with Gasteiger partial charge in [0.15, 0.2) is 8.32 Å². The standard InChI is InChI=1S/C29H34F2IN3O5SSi/c1-8-41-24(27(36)37)25(34-26(41)21-14-33-23-12-10-19(32)15-35(21)23)39-17(2)20-11-9-18(13-22(20)40-28(30)31)16-38-42(6,7)29(3,4)5/h9-15,17,28H,8,16H2,1-7H3/p+1/t17-,41?/m1/s1. The number of nitrogens with zero attached hydrogens (tertiary/aromatic N) is 3. The highest BCUT2D eigenvalue weighted by atomic mass is 127. The van der Waals surface area contributed by atoms with E-state index in [-0.39, 0.29) is 28.2 Å². The van der Waals surface area contributed by atoms with Crippen LogP contribution in [0.2, 0.25) is 18.1 Å². The Balaban J connectivity index is 1.70. The second-order valence-corrected chi connectivity index (χ2v) is 19.5. The highest BCUT2D eigenvalue weighted by Gasteiger charge is 2.38. The van der Waals surface area contributed by atoms with Gasteiger partial charge in [-0.2, -0.15) is 13.8 Å². The number of fused-ring (bicyclic) bond motifs is 1. The number of aromatic nitrogens is 3. The van der Waals surface area contributed by atoms with Gasteiger partial charge in [-0.25, -0.2) is 9.78 Å². The summed E-state index contributed by atoms with van der Waals surface area (Å²) in [7, 11) is -2.97. The van der Waals surface area contributed by atoms with Crippen LogP contribution in [0.1, 0.15) is 61.5 Å². The molecule has 0 saturated heterocycles. The molecule has 42 heavy (non-hydrogen) atoms. The Bertz CT molecular complexity index is 1600. The molecule has 0 amide bonds. The molecule has 4 rings (SSSR count). The maximum absolute atomic E-state index is 13.5. The van der Waals surface area contributed by atoms with Gasteiger partial charge in [0, 0.05) is 25.8 Å². The molecule has 8 nitrogen and oxygen atoms in total. The van der Waals surface area contributed by atoms with Crippen LogP contribution in [0, 0.1) is 3.57 Å². The molecule has 0 aliphatic heterocycles. The molecule has 0 aliphatic carbocycles. The molecule has 1 unspecified atom stereocenters. The van der Waals surface area contributed by atoms with Gasteiger partial charge in [-0.1, -0.05) is 32.9 Å². The van der Waals surface area contributed by atoms with E-state index in [4.69, 9.17) is 13.9 Å². The predicted octanol–water partition coefficient (Wildman–Crippen LogP) is 8.73. The SMILES string of the molecule is CC[s+]1c(-c2cnc3ccc(I)cn23)nc(O[C@H](C)c2ccc(CO[Si](C)(C)C(C)(C)C)cc2OC(F)F)c1C(=O)O. The van der Waals surface area contributed by atoms with Gasteiger partial charge in [0.25, 0.3) is 10.9 Å². The number of halogens is 3. The fourth-order valence-corrected chi connectivity index (χ4v) is 7.45. The monoisotopic (exact) mass is 730 g/mol. The normalized spacial score (nSPS) is 13.5. The summed E-state index contributed by atoms with van der Waals surface area (Å²) in [6, 6.07) is 8.78. The molecule has 3 aromatic heterocycles. The second kappa shape index (κ2) is 12.5. The molecule has 0 aliphatic rings. The molecule has 3 heterocycles. The van der Waals surface area contributed by atoms with Crippen LogP contribution >= 0.6 is 33.1 Å². The lowest BCUT2D eigenvalue weighted by Gasteiger charge is -2.36. The number of ether oxygens (including phenoxy) is 2. The highest BCUT2D eigenvalue weighted by molar-refractivity contribution is 14.1. The van der Waals surface area contributed by atoms with E-state index in [0.29, 0.717) is 33.2 Å². The first-order chi connectivity index (χ1) is 19.6. The van der Waals surface area contributed by atoms with Crippen molar-refractivity contribution in [2.75, 3.05) is 0 Å². The molecule has 13 heteroatoms. The largest absolute Gasteiger partial charge is 0.474 e. The third-order valence-corrected chi connectivity index (χ3v) is 14.8. The molecule has 1 aromatic carbocycles. The number of carbonyl (C=O) groups is 1. The molecule has 1 N–H and O–H groups in total. The Morgan fingerprint density at radius 1 is 1.19 bits per heavy atom. The fraction of sp³-hybridized carbons (Fsp3) is 0.414. The number of benzene rings is 1. The summed E-state index contributed by atoms with van der Waals surface area (Å²) in [5, 5.41) is 10.7. The van der Waals surface area contributed by atoms with Crippen LogP contribution in [0.15, 0.2) is 42.7 Å². The topological polar surface area (TPSA) is 95.2 Å². The second-order valence-electron chi connectivity index (χ2n) is 11.3. The Kier molecular flexibility index (Phi) is 9.64. The van der Waals surface area contributed by atoms with Crippen LogP contribution in [0.3, 0.4) is 0 Å². The Morgan fingerprint density at radius 2 is 1.90 bits per heavy atom. The number of rotatable bonds is 11. The van der Waals surface area contributed by atoms with Crippen molar-refractivity contribution < 1.29 is 32.6 Å². The highest BCUT2D eigenvalue weighted by Crippen LogP contribution is 2.45. The van der Waals surface area contributed by atoms with Crippen molar-refractivity contribution in [3.05, 3.63) is 62.3 Å². The summed E-state index contributed by atoms with van der Waals surface area (Å²) >= 11 is 2.20. The average Bonchev–Trinajstić information content (AvgIpc) is 3.46. The summed E-state index contributed by atoms with van der Waals surface area (Å²) in [5.74, 6) is -0.767. The van der Waals surface area contributed by atoms with Crippen molar-refractivity contribution in [1.29, 1.82) is 0 Å². The number of hydrogen-bond acceptors (Lipinski definition) is 6. The van der Waals surface area contributed by atoms with Gasteiger partial charge in [-0.3, -0.25) is 4.40 Å². The molecule has 226 valence electrons. The minimum atomic E-state index is -3.05. The van der Waals surface area contributed by atoms with Crippen LogP contribution < -0.4 is 9.47 Å². The van der Waals surface area contributed by atoms with Crippen LogP contribution in [-0.2, 0) is 16.8 Å². The number of alkyl halides is 2. The number of carboxylic acid groups (broad SMARTS) is 1. The number of carboxylic acids is 1. The summed E-state index contributed by atoms with van der Waals surface area (Å²) in [6.07, 6.45) is 2.74. The quantitative estimate of drug-likeness (QED) is 0.0937. The number of thiazole rings is 1. The van der Waals surface area contributed by atoms with E-state index in [1.54, 1.807) is 25.3 Å². The van der Waals surface area contributed by atoms with Crippen molar-refractivity contribution in [2.24, 2.45) is 0 Å². The summed E-state index contributed by atoms with van der Waals surface area (Å²) < 4.78 is 47.1. The van der Waals surface area contributed by atoms with E-state index in [1.807, 2.05) is 29.7 Å². The van der Waals surface area contributed by atoms with Crippen LogP contribution in [0.5, 0.6) is 11.6 Å². The van der Waals surface area contributed by atoms with Crippen molar-refractivity contribution in [1.82, 2.24) is 14.4 Å². The van der Waals surface area contributed by atoms with E-state index in [9.17, 15) is 18.7 Å². The third-order valence-electron chi connectivity index (χ3n) is 7.47. The van der Waals surface area contributed by atoms with E-state index >= 15 is 0 Å². The predicted molar refractivity (Wildman–Crippen MR) is 170 cm³/mol. The van der Waals surface area contributed by atoms with Gasteiger partial charge in [-0.05, 0) is 78.3 Å². The van der Waals surface area contributed by atoms with Gasteiger partial charge in [0.05, 0.1) is 12.8 Å². The summed E-state index contributed by atoms with van der Waals surface area (Å²) in [5.41, 5.74) is 2.41. The van der Waals surface area contributed by atoms with Crippen LogP contribution in [0.4, 0.5) is 8.78 Å². The van der Waals surface area contributed by atoms with Gasteiger partial charge in [0.2, 0.25) is 0 Å². The minimum absolute atomic E-state index is 0.00743. The zero-order valence-corrected chi connectivity index (χ0v) is 28.5. The fourth-order valence-electron chi connectivity index (χ4n) is 4.17. The molecular weight excluding hydrogens is 695 g/mol. The lowest BCUT2D eigenvalue weighted by molar-refractivity contribution is -0.0513. The Morgan fingerprint density at radius 3 is 2.52 bits per heavy atom. The first-order valence-electron chi connectivity index (χ1n) is 13.4. The van der Waals surface area contributed by atoms with Crippen molar-refractivity contribution in [3.63, 3.8) is 0 Å².